The van der Waals surface area contributed by atoms with Gasteiger partial charge in [-0.25, -0.2) is 0 Å². The molecule has 6 heteroatoms. The van der Waals surface area contributed by atoms with E-state index in [0.29, 0.717) is 39.1 Å². The zero-order valence-corrected chi connectivity index (χ0v) is 20.1. The van der Waals surface area contributed by atoms with E-state index in [-0.39, 0.29) is 29.2 Å². The molecule has 1 saturated heterocycles. The summed E-state index contributed by atoms with van der Waals surface area (Å²) < 4.78 is 11.7. The molecular weight excluding hydrogens is 392 g/mol. The van der Waals surface area contributed by atoms with Crippen LogP contribution in [0, 0.1) is 11.3 Å². The van der Waals surface area contributed by atoms with Gasteiger partial charge in [-0.1, -0.05) is 40.7 Å². The van der Waals surface area contributed by atoms with Gasteiger partial charge in [0.05, 0.1) is 19.3 Å². The second-order valence-electron chi connectivity index (χ2n) is 9.45. The number of hydrogen-bond acceptors (Lipinski definition) is 4. The van der Waals surface area contributed by atoms with Gasteiger partial charge in [-0.15, -0.1) is 0 Å². The van der Waals surface area contributed by atoms with Crippen molar-refractivity contribution >= 4 is 11.8 Å². The highest BCUT2D eigenvalue weighted by molar-refractivity contribution is 5.83. The fourth-order valence-electron chi connectivity index (χ4n) is 3.68. The Morgan fingerprint density at radius 1 is 1.06 bits per heavy atom. The number of amides is 2. The average Bonchev–Trinajstić information content (AvgIpc) is 2.75. The first kappa shape index (κ1) is 25.0. The molecule has 0 radical (unpaired) electrons. The van der Waals surface area contributed by atoms with Gasteiger partial charge >= 0.3 is 0 Å². The maximum atomic E-state index is 12.9. The van der Waals surface area contributed by atoms with Gasteiger partial charge in [0.25, 0.3) is 0 Å². The SMILES string of the molecule is CCCOc1ccc(C(C)NC(=O)C2CCN(C(=O)C(C)(C)C)CC2)cc1OCCC. The largest absolute Gasteiger partial charge is 0.490 e. The molecule has 0 bridgehead atoms. The van der Waals surface area contributed by atoms with E-state index in [0.717, 1.165) is 29.9 Å². The van der Waals surface area contributed by atoms with E-state index in [1.165, 1.54) is 0 Å². The van der Waals surface area contributed by atoms with Crippen LogP contribution in [-0.2, 0) is 9.59 Å². The Kier molecular flexibility index (Phi) is 9.20. The highest BCUT2D eigenvalue weighted by Crippen LogP contribution is 2.31. The van der Waals surface area contributed by atoms with Crippen molar-refractivity contribution in [2.24, 2.45) is 11.3 Å². The summed E-state index contributed by atoms with van der Waals surface area (Å²) in [5.41, 5.74) is 0.609. The molecule has 0 spiro atoms. The topological polar surface area (TPSA) is 67.9 Å². The van der Waals surface area contributed by atoms with Crippen LogP contribution in [0.4, 0.5) is 0 Å². The van der Waals surface area contributed by atoms with Gasteiger partial charge < -0.3 is 19.7 Å². The second-order valence-corrected chi connectivity index (χ2v) is 9.45. The van der Waals surface area contributed by atoms with Crippen LogP contribution in [0.25, 0.3) is 0 Å². The number of carbonyl (C=O) groups excluding carboxylic acids is 2. The first-order valence-electron chi connectivity index (χ1n) is 11.7. The molecule has 1 unspecified atom stereocenters. The molecule has 1 aliphatic rings. The van der Waals surface area contributed by atoms with E-state index in [2.05, 4.69) is 19.2 Å². The Balaban J connectivity index is 1.97. The van der Waals surface area contributed by atoms with Crippen molar-refractivity contribution in [3.05, 3.63) is 23.8 Å². The van der Waals surface area contributed by atoms with Crippen molar-refractivity contribution in [2.75, 3.05) is 26.3 Å². The number of likely N-dealkylation sites (tertiary alicyclic amines) is 1. The monoisotopic (exact) mass is 432 g/mol. The van der Waals surface area contributed by atoms with E-state index in [9.17, 15) is 9.59 Å². The van der Waals surface area contributed by atoms with Crippen molar-refractivity contribution in [1.82, 2.24) is 10.2 Å². The van der Waals surface area contributed by atoms with E-state index in [1.54, 1.807) is 0 Å². The fourth-order valence-corrected chi connectivity index (χ4v) is 3.68. The van der Waals surface area contributed by atoms with Gasteiger partial charge in [-0.05, 0) is 50.3 Å². The van der Waals surface area contributed by atoms with Gasteiger partial charge in [-0.3, -0.25) is 9.59 Å². The summed E-state index contributed by atoms with van der Waals surface area (Å²) in [7, 11) is 0. The Labute approximate surface area is 187 Å². The van der Waals surface area contributed by atoms with Crippen molar-refractivity contribution in [2.45, 2.75) is 73.3 Å². The number of ether oxygens (including phenoxy) is 2. The molecule has 2 rings (SSSR count). The first-order valence-corrected chi connectivity index (χ1v) is 11.7. The third-order valence-corrected chi connectivity index (χ3v) is 5.54. The van der Waals surface area contributed by atoms with Gasteiger partial charge in [0.1, 0.15) is 0 Å². The van der Waals surface area contributed by atoms with Crippen LogP contribution in [0.15, 0.2) is 18.2 Å². The smallest absolute Gasteiger partial charge is 0.227 e. The van der Waals surface area contributed by atoms with Gasteiger partial charge in [0.15, 0.2) is 11.5 Å². The Morgan fingerprint density at radius 2 is 1.65 bits per heavy atom. The van der Waals surface area contributed by atoms with Crippen LogP contribution in [0.1, 0.15) is 78.8 Å². The van der Waals surface area contributed by atoms with Crippen LogP contribution < -0.4 is 14.8 Å². The standard InChI is InChI=1S/C25H40N2O4/c1-7-15-30-21-10-9-20(17-22(21)31-16-8-2)18(3)26-23(28)19-11-13-27(14-12-19)24(29)25(4,5)6/h9-10,17-19H,7-8,11-16H2,1-6H3,(H,26,28). The van der Waals surface area contributed by atoms with Gasteiger partial charge in [-0.2, -0.15) is 0 Å². The molecule has 1 heterocycles. The number of hydrogen-bond donors (Lipinski definition) is 1. The lowest BCUT2D eigenvalue weighted by Gasteiger charge is -2.35. The Hall–Kier alpha value is -2.24. The molecule has 1 atom stereocenters. The van der Waals surface area contributed by atoms with Crippen molar-refractivity contribution in [1.29, 1.82) is 0 Å². The molecule has 31 heavy (non-hydrogen) atoms. The number of rotatable bonds is 9. The number of benzene rings is 1. The minimum absolute atomic E-state index is 0.0534. The molecular formula is C25H40N2O4. The molecule has 1 aromatic carbocycles. The first-order chi connectivity index (χ1) is 14.7. The molecule has 1 aliphatic heterocycles. The molecule has 174 valence electrons. The third-order valence-electron chi connectivity index (χ3n) is 5.54. The highest BCUT2D eigenvalue weighted by Gasteiger charge is 2.32. The van der Waals surface area contributed by atoms with Crippen LogP contribution in [0.3, 0.4) is 0 Å². The van der Waals surface area contributed by atoms with Crippen LogP contribution in [0.5, 0.6) is 11.5 Å². The van der Waals surface area contributed by atoms with Crippen molar-refractivity contribution < 1.29 is 19.1 Å². The van der Waals surface area contributed by atoms with E-state index in [1.807, 2.05) is 50.8 Å². The van der Waals surface area contributed by atoms with E-state index < -0.39 is 0 Å². The summed E-state index contributed by atoms with van der Waals surface area (Å²) in [6.07, 6.45) is 3.26. The molecule has 2 amide bonds. The molecule has 0 saturated carbocycles. The second kappa shape index (κ2) is 11.4. The predicted octanol–water partition coefficient (Wildman–Crippen LogP) is 4.73. The van der Waals surface area contributed by atoms with E-state index in [4.69, 9.17) is 9.47 Å². The van der Waals surface area contributed by atoms with Crippen LogP contribution in [0.2, 0.25) is 0 Å². The summed E-state index contributed by atoms with van der Waals surface area (Å²) >= 11 is 0. The lowest BCUT2D eigenvalue weighted by molar-refractivity contribution is -0.142. The summed E-state index contributed by atoms with van der Waals surface area (Å²) in [6.45, 7) is 14.5. The molecule has 1 aromatic rings. The minimum Gasteiger partial charge on any atom is -0.490 e. The predicted molar refractivity (Wildman–Crippen MR) is 123 cm³/mol. The highest BCUT2D eigenvalue weighted by atomic mass is 16.5. The fraction of sp³-hybridized carbons (Fsp3) is 0.680. The molecule has 6 nitrogen and oxygen atoms in total. The zero-order chi connectivity index (χ0) is 23.0. The van der Waals surface area contributed by atoms with E-state index >= 15 is 0 Å². The summed E-state index contributed by atoms with van der Waals surface area (Å²) in [5.74, 6) is 1.62. The average molecular weight is 433 g/mol. The van der Waals surface area contributed by atoms with Crippen molar-refractivity contribution in [3.63, 3.8) is 0 Å². The normalized spacial score (nSPS) is 16.0. The summed E-state index contributed by atoms with van der Waals surface area (Å²) in [4.78, 5) is 27.2. The summed E-state index contributed by atoms with van der Waals surface area (Å²) in [6, 6.07) is 5.75. The van der Waals surface area contributed by atoms with Crippen molar-refractivity contribution in [3.8, 4) is 11.5 Å². The summed E-state index contributed by atoms with van der Waals surface area (Å²) in [5, 5.41) is 3.15. The molecule has 1 fully saturated rings. The Morgan fingerprint density at radius 3 is 2.19 bits per heavy atom. The van der Waals surface area contributed by atoms with Gasteiger partial charge in [0, 0.05) is 24.4 Å². The maximum absolute atomic E-state index is 12.9. The molecule has 0 aromatic heterocycles. The molecule has 1 N–H and O–H groups in total. The zero-order valence-electron chi connectivity index (χ0n) is 20.1. The number of carbonyl (C=O) groups is 2. The minimum atomic E-state index is -0.381. The number of piperidine rings is 1. The number of nitrogens with zero attached hydrogens (tertiary/aromatic N) is 1. The van der Waals surface area contributed by atoms with Gasteiger partial charge in [0.2, 0.25) is 11.8 Å². The quantitative estimate of drug-likeness (QED) is 0.613. The lowest BCUT2D eigenvalue weighted by Crippen LogP contribution is -2.46. The van der Waals surface area contributed by atoms with Crippen LogP contribution >= 0.6 is 0 Å². The van der Waals surface area contributed by atoms with Crippen LogP contribution in [-0.4, -0.2) is 43.0 Å². The Bertz CT molecular complexity index is 734. The number of nitrogens with one attached hydrogen (secondary N) is 1. The maximum Gasteiger partial charge on any atom is 0.227 e. The molecule has 0 aliphatic carbocycles. The third kappa shape index (κ3) is 7.15. The lowest BCUT2D eigenvalue weighted by atomic mass is 9.90.